The van der Waals surface area contributed by atoms with Crippen molar-refractivity contribution in [2.75, 3.05) is 0 Å². The molecule has 0 aliphatic heterocycles. The van der Waals surface area contributed by atoms with Crippen molar-refractivity contribution in [1.29, 1.82) is 0 Å². The van der Waals surface area contributed by atoms with Crippen LogP contribution in [0.15, 0.2) is 72.8 Å². The van der Waals surface area contributed by atoms with E-state index in [-0.39, 0.29) is 24.2 Å². The van der Waals surface area contributed by atoms with E-state index < -0.39 is 5.82 Å². The molecule has 0 N–H and O–H groups in total. The van der Waals surface area contributed by atoms with Crippen LogP contribution in [0.25, 0.3) is 0 Å². The Bertz CT molecular complexity index is 985. The topological polar surface area (TPSA) is 35.5 Å². The Hall–Kier alpha value is -2.85. The van der Waals surface area contributed by atoms with E-state index in [1.807, 2.05) is 30.3 Å². The number of benzene rings is 3. The summed E-state index contributed by atoms with van der Waals surface area (Å²) >= 11 is 5.96. The van der Waals surface area contributed by atoms with E-state index in [2.05, 4.69) is 0 Å². The highest BCUT2D eigenvalue weighted by atomic mass is 35.5. The smallest absolute Gasteiger partial charge is 0.314 e. The Morgan fingerprint density at radius 2 is 1.76 bits per heavy atom. The molecule has 5 heteroatoms. The van der Waals surface area contributed by atoms with E-state index in [0.29, 0.717) is 22.3 Å². The third-order valence-corrected chi connectivity index (χ3v) is 5.18. The van der Waals surface area contributed by atoms with Crippen LogP contribution in [0.4, 0.5) is 4.39 Å². The first-order chi connectivity index (χ1) is 14.1. The number of hydrogen-bond donors (Lipinski definition) is 0. The molecule has 1 fully saturated rings. The van der Waals surface area contributed by atoms with Crippen LogP contribution in [0.5, 0.6) is 11.5 Å². The summed E-state index contributed by atoms with van der Waals surface area (Å²) in [5.74, 6) is -0.106. The van der Waals surface area contributed by atoms with Crippen molar-refractivity contribution < 1.29 is 18.7 Å². The first kappa shape index (κ1) is 19.5. The Morgan fingerprint density at radius 1 is 1.03 bits per heavy atom. The molecule has 0 heterocycles. The molecule has 3 aromatic carbocycles. The quantitative estimate of drug-likeness (QED) is 0.416. The van der Waals surface area contributed by atoms with Gasteiger partial charge in [0.15, 0.2) is 11.6 Å². The molecule has 0 spiro atoms. The number of carbonyl (C=O) groups excluding carboxylic acids is 1. The number of ether oxygens (including phenoxy) is 2. The van der Waals surface area contributed by atoms with E-state index in [9.17, 15) is 9.18 Å². The normalized spacial score (nSPS) is 14.3. The Balaban J connectivity index is 1.44. The molecule has 3 nitrogen and oxygen atoms in total. The molecule has 0 aromatic heterocycles. The summed E-state index contributed by atoms with van der Waals surface area (Å²) < 4.78 is 25.3. The number of esters is 1. The second-order valence-electron chi connectivity index (χ2n) is 7.15. The summed E-state index contributed by atoms with van der Waals surface area (Å²) in [4.78, 5) is 12.8. The summed E-state index contributed by atoms with van der Waals surface area (Å²) in [7, 11) is 0. The second-order valence-corrected chi connectivity index (χ2v) is 7.59. The summed E-state index contributed by atoms with van der Waals surface area (Å²) in [5.41, 5.74) is 1.57. The average molecular weight is 411 g/mol. The summed E-state index contributed by atoms with van der Waals surface area (Å²) in [5, 5.41) is 0.633. The number of para-hydroxylation sites is 1. The van der Waals surface area contributed by atoms with Crippen molar-refractivity contribution in [3.63, 3.8) is 0 Å². The minimum Gasteiger partial charge on any atom is -0.460 e. The monoisotopic (exact) mass is 410 g/mol. The zero-order chi connectivity index (χ0) is 20.2. The molecular weight excluding hydrogens is 391 g/mol. The fraction of sp³-hybridized carbons (Fsp3) is 0.208. The minimum atomic E-state index is -0.471. The third-order valence-electron chi connectivity index (χ3n) is 4.92. The molecule has 0 radical (unpaired) electrons. The Kier molecular flexibility index (Phi) is 5.81. The Labute approximate surface area is 174 Å². The fourth-order valence-electron chi connectivity index (χ4n) is 3.28. The fourth-order valence-corrected chi connectivity index (χ4v) is 3.40. The lowest BCUT2D eigenvalue weighted by atomic mass is 9.94. The predicted octanol–water partition coefficient (Wildman–Crippen LogP) is 6.51. The van der Waals surface area contributed by atoms with Gasteiger partial charge in [-0.3, -0.25) is 4.79 Å². The van der Waals surface area contributed by atoms with Gasteiger partial charge < -0.3 is 9.47 Å². The molecule has 29 heavy (non-hydrogen) atoms. The molecule has 3 aromatic rings. The molecule has 1 aliphatic rings. The van der Waals surface area contributed by atoms with Crippen LogP contribution >= 0.6 is 11.6 Å². The highest BCUT2D eigenvalue weighted by molar-refractivity contribution is 6.30. The largest absolute Gasteiger partial charge is 0.460 e. The molecular formula is C24H20ClFO3. The highest BCUT2D eigenvalue weighted by Crippen LogP contribution is 2.43. The van der Waals surface area contributed by atoms with Crippen LogP contribution in [-0.2, 0) is 16.1 Å². The van der Waals surface area contributed by atoms with Gasteiger partial charge in [-0.15, -0.1) is 0 Å². The van der Waals surface area contributed by atoms with E-state index in [4.69, 9.17) is 21.1 Å². The van der Waals surface area contributed by atoms with E-state index in [0.717, 1.165) is 18.4 Å². The van der Waals surface area contributed by atoms with Gasteiger partial charge in [-0.05, 0) is 66.3 Å². The zero-order valence-electron chi connectivity index (χ0n) is 15.7. The van der Waals surface area contributed by atoms with Crippen LogP contribution in [0.1, 0.15) is 29.9 Å². The molecule has 1 unspecified atom stereocenters. The van der Waals surface area contributed by atoms with Gasteiger partial charge in [-0.25, -0.2) is 4.39 Å². The molecule has 1 aliphatic carbocycles. The lowest BCUT2D eigenvalue weighted by Gasteiger charge is -2.16. The van der Waals surface area contributed by atoms with Crippen molar-refractivity contribution in [3.8, 4) is 11.5 Å². The van der Waals surface area contributed by atoms with Gasteiger partial charge >= 0.3 is 5.97 Å². The lowest BCUT2D eigenvalue weighted by molar-refractivity contribution is -0.147. The number of halogens is 2. The van der Waals surface area contributed by atoms with Crippen LogP contribution in [0, 0.1) is 11.7 Å². The van der Waals surface area contributed by atoms with Crippen LogP contribution in [0.2, 0.25) is 5.02 Å². The van der Waals surface area contributed by atoms with Gasteiger partial charge in [-0.2, -0.15) is 0 Å². The first-order valence-electron chi connectivity index (χ1n) is 9.53. The number of hydrogen-bond acceptors (Lipinski definition) is 3. The van der Waals surface area contributed by atoms with Gasteiger partial charge in [-0.1, -0.05) is 48.0 Å². The minimum absolute atomic E-state index is 0.0566. The zero-order valence-corrected chi connectivity index (χ0v) is 16.4. The van der Waals surface area contributed by atoms with Gasteiger partial charge in [0.05, 0.1) is 5.92 Å². The van der Waals surface area contributed by atoms with Crippen molar-refractivity contribution in [3.05, 3.63) is 94.8 Å². The molecule has 1 saturated carbocycles. The maximum absolute atomic E-state index is 14.1. The lowest BCUT2D eigenvalue weighted by Crippen LogP contribution is -2.18. The van der Waals surface area contributed by atoms with Crippen molar-refractivity contribution in [2.24, 2.45) is 5.92 Å². The molecule has 1 atom stereocenters. The first-order valence-corrected chi connectivity index (χ1v) is 9.91. The highest BCUT2D eigenvalue weighted by Gasteiger charge is 2.38. The van der Waals surface area contributed by atoms with E-state index >= 15 is 0 Å². The predicted molar refractivity (Wildman–Crippen MR) is 110 cm³/mol. The van der Waals surface area contributed by atoms with Crippen LogP contribution in [0.3, 0.4) is 0 Å². The summed E-state index contributed by atoms with van der Waals surface area (Å²) in [6, 6.07) is 20.8. The molecule has 148 valence electrons. The standard InChI is InChI=1S/C24H20ClFO3/c25-19-11-9-18(10-12-19)23(17-7-8-17)24(27)28-15-16-6-13-21(26)22(14-16)29-20-4-2-1-3-5-20/h1-6,9-14,17,23H,7-8,15H2. The van der Waals surface area contributed by atoms with Crippen molar-refractivity contribution >= 4 is 17.6 Å². The van der Waals surface area contributed by atoms with E-state index in [1.54, 1.807) is 36.4 Å². The van der Waals surface area contributed by atoms with Gasteiger partial charge in [0, 0.05) is 5.02 Å². The number of carbonyl (C=O) groups is 1. The maximum Gasteiger partial charge on any atom is 0.314 e. The van der Waals surface area contributed by atoms with Crippen molar-refractivity contribution in [1.82, 2.24) is 0 Å². The van der Waals surface area contributed by atoms with Gasteiger partial charge in [0.2, 0.25) is 0 Å². The Morgan fingerprint density at radius 3 is 2.45 bits per heavy atom. The van der Waals surface area contributed by atoms with Gasteiger partial charge in [0.25, 0.3) is 0 Å². The molecule has 0 saturated heterocycles. The average Bonchev–Trinajstić information content (AvgIpc) is 3.56. The van der Waals surface area contributed by atoms with Crippen molar-refractivity contribution in [2.45, 2.75) is 25.4 Å². The summed E-state index contributed by atoms with van der Waals surface area (Å²) in [6.07, 6.45) is 2.02. The third kappa shape index (κ3) is 4.96. The summed E-state index contributed by atoms with van der Waals surface area (Å²) in [6.45, 7) is 0.0566. The second kappa shape index (κ2) is 8.66. The van der Waals surface area contributed by atoms with Gasteiger partial charge in [0.1, 0.15) is 12.4 Å². The maximum atomic E-state index is 14.1. The molecule has 4 rings (SSSR count). The van der Waals surface area contributed by atoms with Crippen LogP contribution < -0.4 is 4.74 Å². The molecule has 0 amide bonds. The number of rotatable bonds is 7. The van der Waals surface area contributed by atoms with E-state index in [1.165, 1.54) is 6.07 Å². The van der Waals surface area contributed by atoms with Crippen LogP contribution in [-0.4, -0.2) is 5.97 Å². The molecule has 0 bridgehead atoms. The SMILES string of the molecule is O=C(OCc1ccc(F)c(Oc2ccccc2)c1)C(c1ccc(Cl)cc1)C1CC1.